The number of fused-ring (bicyclic) bond motifs is 6. The predicted molar refractivity (Wildman–Crippen MR) is 226 cm³/mol. The average molecular weight is 695 g/mol. The Bertz CT molecular complexity index is 2750. The Hall–Kier alpha value is -6.84. The number of nitrogens with zero attached hydrogens (tertiary/aromatic N) is 2. The van der Waals surface area contributed by atoms with E-state index in [1.54, 1.807) is 0 Å². The van der Waals surface area contributed by atoms with Crippen LogP contribution in [-0.2, 0) is 5.41 Å². The lowest BCUT2D eigenvalue weighted by Crippen LogP contribution is -2.15. The summed E-state index contributed by atoms with van der Waals surface area (Å²) in [7, 11) is 0. The molecule has 0 unspecified atom stereocenters. The molecule has 0 saturated heterocycles. The van der Waals surface area contributed by atoms with Gasteiger partial charge in [0.2, 0.25) is 0 Å². The zero-order valence-electron chi connectivity index (χ0n) is 30.3. The Morgan fingerprint density at radius 1 is 0.352 bits per heavy atom. The van der Waals surface area contributed by atoms with Crippen molar-refractivity contribution in [2.24, 2.45) is 0 Å². The number of hydrogen-bond donors (Lipinski definition) is 0. The van der Waals surface area contributed by atoms with Crippen LogP contribution in [0.1, 0.15) is 25.0 Å². The minimum atomic E-state index is -0.0632. The van der Waals surface area contributed by atoms with Gasteiger partial charge < -0.3 is 14.2 Å². The zero-order chi connectivity index (χ0) is 36.2. The van der Waals surface area contributed by atoms with Gasteiger partial charge in [0.05, 0.1) is 0 Å². The smallest absolute Gasteiger partial charge is 0.135 e. The molecule has 1 aliphatic carbocycles. The fraction of sp³-hybridized carbons (Fsp3) is 0.0588. The van der Waals surface area contributed by atoms with Crippen molar-refractivity contribution in [3.05, 3.63) is 205 Å². The number of furan rings is 1. The molecule has 3 heteroatoms. The Labute approximate surface area is 316 Å². The molecule has 0 bridgehead atoms. The Kier molecular flexibility index (Phi) is 7.48. The van der Waals surface area contributed by atoms with Crippen molar-refractivity contribution in [1.29, 1.82) is 0 Å². The molecule has 0 radical (unpaired) electrons. The van der Waals surface area contributed by atoms with Crippen molar-refractivity contribution in [1.82, 2.24) is 0 Å². The lowest BCUT2D eigenvalue weighted by atomic mass is 9.82. The Morgan fingerprint density at radius 2 is 0.778 bits per heavy atom. The molecule has 0 amide bonds. The van der Waals surface area contributed by atoms with E-state index < -0.39 is 0 Å². The van der Waals surface area contributed by atoms with Crippen molar-refractivity contribution in [3.8, 4) is 22.3 Å². The maximum atomic E-state index is 6.49. The van der Waals surface area contributed by atoms with E-state index in [1.807, 2.05) is 0 Å². The highest BCUT2D eigenvalue weighted by Gasteiger charge is 2.35. The van der Waals surface area contributed by atoms with Crippen LogP contribution in [-0.4, -0.2) is 0 Å². The van der Waals surface area contributed by atoms with Gasteiger partial charge in [-0.05, 0) is 118 Å². The van der Waals surface area contributed by atoms with Crippen LogP contribution in [0.2, 0.25) is 0 Å². The van der Waals surface area contributed by atoms with Crippen LogP contribution < -0.4 is 9.80 Å². The summed E-state index contributed by atoms with van der Waals surface area (Å²) in [6.07, 6.45) is 0. The van der Waals surface area contributed by atoms with Crippen LogP contribution in [0.3, 0.4) is 0 Å². The van der Waals surface area contributed by atoms with Gasteiger partial charge in [-0.25, -0.2) is 0 Å². The van der Waals surface area contributed by atoms with Crippen molar-refractivity contribution in [2.45, 2.75) is 19.3 Å². The molecular weight excluding hydrogens is 657 g/mol. The number of para-hydroxylation sites is 2. The minimum absolute atomic E-state index is 0.0632. The third-order valence-electron chi connectivity index (χ3n) is 11.0. The molecule has 0 aliphatic heterocycles. The SMILES string of the molecule is CC1(C)c2ccccc2-c2cc(N(c3ccc(-c4ccccc4)cc3)c3ccc4oc5ccc(N(c6ccccc6)c6ccccc6)cc5c4c3)ccc21. The molecule has 10 rings (SSSR count). The standard InChI is InChI=1S/C51H38N2O/c1-51(2)47-21-13-12-20-43(47)44-32-40(26-29-48(44)51)53(39-24-22-36(23-25-39)35-14-6-3-7-15-35)42-28-31-50-46(34-42)45-33-41(27-30-49(45)54-50)52(37-16-8-4-9-17-37)38-18-10-5-11-19-38/h3-34H,1-2H3. The van der Waals surface area contributed by atoms with E-state index in [0.717, 1.165) is 56.1 Å². The summed E-state index contributed by atoms with van der Waals surface area (Å²) in [6.45, 7) is 4.67. The summed E-state index contributed by atoms with van der Waals surface area (Å²) in [4.78, 5) is 4.68. The lowest BCUT2D eigenvalue weighted by Gasteiger charge is -2.27. The molecule has 3 nitrogen and oxygen atoms in total. The molecule has 0 atom stereocenters. The largest absolute Gasteiger partial charge is 0.456 e. The fourth-order valence-electron chi connectivity index (χ4n) is 8.36. The summed E-state index contributed by atoms with van der Waals surface area (Å²) in [6, 6.07) is 69.5. The van der Waals surface area contributed by atoms with Crippen molar-refractivity contribution in [2.75, 3.05) is 9.80 Å². The number of rotatable bonds is 7. The van der Waals surface area contributed by atoms with E-state index in [-0.39, 0.29) is 5.41 Å². The molecular formula is C51H38N2O. The van der Waals surface area contributed by atoms with E-state index in [9.17, 15) is 0 Å². The lowest BCUT2D eigenvalue weighted by molar-refractivity contribution is 0.660. The van der Waals surface area contributed by atoms with Gasteiger partial charge in [0.15, 0.2) is 0 Å². The van der Waals surface area contributed by atoms with Gasteiger partial charge in [0.25, 0.3) is 0 Å². The highest BCUT2D eigenvalue weighted by Crippen LogP contribution is 2.51. The summed E-state index contributed by atoms with van der Waals surface area (Å²) in [5.41, 5.74) is 15.9. The topological polar surface area (TPSA) is 19.6 Å². The van der Waals surface area contributed by atoms with Crippen LogP contribution in [0, 0.1) is 0 Å². The molecule has 1 aromatic heterocycles. The zero-order valence-corrected chi connectivity index (χ0v) is 30.3. The van der Waals surface area contributed by atoms with Crippen molar-refractivity contribution < 1.29 is 4.42 Å². The molecule has 0 N–H and O–H groups in total. The Morgan fingerprint density at radius 3 is 1.39 bits per heavy atom. The van der Waals surface area contributed by atoms with Gasteiger partial charge in [0, 0.05) is 50.3 Å². The third kappa shape index (κ3) is 5.28. The van der Waals surface area contributed by atoms with E-state index in [4.69, 9.17) is 4.42 Å². The monoisotopic (exact) mass is 694 g/mol. The molecule has 0 saturated carbocycles. The van der Waals surface area contributed by atoms with Gasteiger partial charge in [-0.3, -0.25) is 0 Å². The highest BCUT2D eigenvalue weighted by molar-refractivity contribution is 6.08. The van der Waals surface area contributed by atoms with Gasteiger partial charge in [-0.2, -0.15) is 0 Å². The molecule has 1 heterocycles. The summed E-state index contributed by atoms with van der Waals surface area (Å²) >= 11 is 0. The quantitative estimate of drug-likeness (QED) is 0.166. The maximum Gasteiger partial charge on any atom is 0.135 e. The molecule has 1 aliphatic rings. The predicted octanol–water partition coefficient (Wildman–Crippen LogP) is 14.5. The fourth-order valence-corrected chi connectivity index (χ4v) is 8.36. The van der Waals surface area contributed by atoms with E-state index in [2.05, 4.69) is 218 Å². The number of benzene rings is 8. The van der Waals surface area contributed by atoms with E-state index in [0.29, 0.717) is 0 Å². The van der Waals surface area contributed by atoms with Crippen LogP contribution in [0.25, 0.3) is 44.2 Å². The van der Waals surface area contributed by atoms with Gasteiger partial charge in [-0.15, -0.1) is 0 Å². The summed E-state index contributed by atoms with van der Waals surface area (Å²) < 4.78 is 6.49. The van der Waals surface area contributed by atoms with Crippen LogP contribution >= 0.6 is 0 Å². The highest BCUT2D eigenvalue weighted by atomic mass is 16.3. The minimum Gasteiger partial charge on any atom is -0.456 e. The second kappa shape index (κ2) is 12.7. The molecule has 54 heavy (non-hydrogen) atoms. The molecule has 8 aromatic carbocycles. The van der Waals surface area contributed by atoms with E-state index in [1.165, 1.54) is 33.4 Å². The van der Waals surface area contributed by atoms with Crippen molar-refractivity contribution in [3.63, 3.8) is 0 Å². The summed E-state index contributed by atoms with van der Waals surface area (Å²) in [5, 5.41) is 2.15. The average Bonchev–Trinajstić information content (AvgIpc) is 3.70. The normalized spacial score (nSPS) is 12.8. The van der Waals surface area contributed by atoms with Crippen molar-refractivity contribution >= 4 is 56.1 Å². The number of hydrogen-bond acceptors (Lipinski definition) is 3. The maximum absolute atomic E-state index is 6.49. The molecule has 9 aromatic rings. The van der Waals surface area contributed by atoms with Gasteiger partial charge in [-0.1, -0.05) is 123 Å². The van der Waals surface area contributed by atoms with Gasteiger partial charge in [0.1, 0.15) is 11.2 Å². The first-order chi connectivity index (χ1) is 26.5. The van der Waals surface area contributed by atoms with Crippen LogP contribution in [0.5, 0.6) is 0 Å². The number of anilines is 6. The van der Waals surface area contributed by atoms with Crippen LogP contribution in [0.4, 0.5) is 34.1 Å². The first-order valence-corrected chi connectivity index (χ1v) is 18.6. The molecule has 258 valence electrons. The first-order valence-electron chi connectivity index (χ1n) is 18.6. The first kappa shape index (κ1) is 31.9. The molecule has 0 spiro atoms. The second-order valence-corrected chi connectivity index (χ2v) is 14.6. The van der Waals surface area contributed by atoms with E-state index >= 15 is 0 Å². The molecule has 0 fully saturated rings. The Balaban J connectivity index is 1.14. The van der Waals surface area contributed by atoms with Crippen LogP contribution in [0.15, 0.2) is 199 Å². The second-order valence-electron chi connectivity index (χ2n) is 14.6. The summed E-state index contributed by atoms with van der Waals surface area (Å²) in [5.74, 6) is 0. The van der Waals surface area contributed by atoms with Gasteiger partial charge >= 0.3 is 0 Å². The third-order valence-corrected chi connectivity index (χ3v) is 11.0.